The summed E-state index contributed by atoms with van der Waals surface area (Å²) in [6, 6.07) is 16.1. The zero-order valence-corrected chi connectivity index (χ0v) is 13.5. The van der Waals surface area contributed by atoms with Crippen LogP contribution in [0.15, 0.2) is 60.9 Å². The third-order valence-electron chi connectivity index (χ3n) is 4.26. The smallest absolute Gasteiger partial charge is 0.128 e. The van der Waals surface area contributed by atoms with Crippen LogP contribution in [0.4, 0.5) is 5.82 Å². The molecule has 0 N–H and O–H groups in total. The van der Waals surface area contributed by atoms with E-state index in [1.165, 1.54) is 0 Å². The molecule has 0 aliphatic carbocycles. The van der Waals surface area contributed by atoms with Crippen LogP contribution in [0, 0.1) is 0 Å². The topological polar surface area (TPSA) is 50.1 Å². The summed E-state index contributed by atoms with van der Waals surface area (Å²) in [6.45, 7) is 4.83. The lowest BCUT2D eigenvalue weighted by atomic mass is 10.3. The first-order valence-electron chi connectivity index (χ1n) is 8.23. The number of hydrogen-bond donors (Lipinski definition) is 0. The van der Waals surface area contributed by atoms with E-state index >= 15 is 0 Å². The van der Waals surface area contributed by atoms with E-state index in [-0.39, 0.29) is 0 Å². The Labute approximate surface area is 141 Å². The van der Waals surface area contributed by atoms with Gasteiger partial charge >= 0.3 is 0 Å². The second kappa shape index (κ2) is 6.80. The Morgan fingerprint density at radius 1 is 0.875 bits per heavy atom. The van der Waals surface area contributed by atoms with Crippen molar-refractivity contribution in [3.8, 4) is 5.69 Å². The third kappa shape index (κ3) is 3.28. The van der Waals surface area contributed by atoms with Gasteiger partial charge in [-0.15, -0.1) is 0 Å². The molecule has 0 unspecified atom stereocenters. The standard InChI is InChI=1S/C18H20N6/c1-2-6-17(7-3-1)24-20-14-16(21-24)15-22-10-12-23(13-11-22)18-8-4-5-9-19-18/h1-9,14H,10-13,15H2. The van der Waals surface area contributed by atoms with Gasteiger partial charge in [-0.2, -0.15) is 15.0 Å². The lowest BCUT2D eigenvalue weighted by Crippen LogP contribution is -2.46. The van der Waals surface area contributed by atoms with Gasteiger partial charge in [0, 0.05) is 38.9 Å². The number of rotatable bonds is 4. The highest BCUT2D eigenvalue weighted by Gasteiger charge is 2.18. The Balaban J connectivity index is 1.35. The molecule has 1 aromatic carbocycles. The summed E-state index contributed by atoms with van der Waals surface area (Å²) in [4.78, 5) is 10.9. The van der Waals surface area contributed by atoms with E-state index in [4.69, 9.17) is 0 Å². The lowest BCUT2D eigenvalue weighted by Gasteiger charge is -2.34. The third-order valence-corrected chi connectivity index (χ3v) is 4.26. The van der Waals surface area contributed by atoms with Crippen LogP contribution in [-0.4, -0.2) is 51.1 Å². The van der Waals surface area contributed by atoms with Gasteiger partial charge in [0.15, 0.2) is 0 Å². The van der Waals surface area contributed by atoms with Gasteiger partial charge in [-0.3, -0.25) is 4.90 Å². The van der Waals surface area contributed by atoms with Crippen LogP contribution in [0.2, 0.25) is 0 Å². The molecule has 1 fully saturated rings. The Bertz CT molecular complexity index is 762. The molecular formula is C18H20N6. The zero-order valence-electron chi connectivity index (χ0n) is 13.5. The number of piperazine rings is 1. The highest BCUT2D eigenvalue weighted by atomic mass is 15.5. The van der Waals surface area contributed by atoms with Crippen molar-refractivity contribution in [3.05, 3.63) is 66.6 Å². The Morgan fingerprint density at radius 3 is 2.42 bits per heavy atom. The number of aromatic nitrogens is 4. The predicted molar refractivity (Wildman–Crippen MR) is 93.1 cm³/mol. The maximum atomic E-state index is 4.59. The molecule has 0 radical (unpaired) electrons. The second-order valence-electron chi connectivity index (χ2n) is 5.91. The summed E-state index contributed by atoms with van der Waals surface area (Å²) in [5.41, 5.74) is 1.99. The monoisotopic (exact) mass is 320 g/mol. The minimum absolute atomic E-state index is 0.836. The Morgan fingerprint density at radius 2 is 1.67 bits per heavy atom. The van der Waals surface area contributed by atoms with Crippen LogP contribution >= 0.6 is 0 Å². The van der Waals surface area contributed by atoms with Gasteiger partial charge in [-0.05, 0) is 24.3 Å². The van der Waals surface area contributed by atoms with E-state index in [9.17, 15) is 0 Å². The van der Waals surface area contributed by atoms with Crippen molar-refractivity contribution in [2.75, 3.05) is 31.1 Å². The van der Waals surface area contributed by atoms with Gasteiger partial charge in [-0.25, -0.2) is 4.98 Å². The molecular weight excluding hydrogens is 300 g/mol. The molecule has 1 saturated heterocycles. The van der Waals surface area contributed by atoms with Crippen LogP contribution in [0.3, 0.4) is 0 Å². The van der Waals surface area contributed by atoms with Crippen molar-refractivity contribution in [3.63, 3.8) is 0 Å². The fraction of sp³-hybridized carbons (Fsp3) is 0.278. The zero-order chi connectivity index (χ0) is 16.2. The van der Waals surface area contributed by atoms with Gasteiger partial charge in [0.1, 0.15) is 5.82 Å². The number of anilines is 1. The molecule has 6 nitrogen and oxygen atoms in total. The molecule has 24 heavy (non-hydrogen) atoms. The minimum atomic E-state index is 0.836. The Kier molecular flexibility index (Phi) is 4.20. The molecule has 0 bridgehead atoms. The molecule has 0 amide bonds. The van der Waals surface area contributed by atoms with Crippen molar-refractivity contribution < 1.29 is 0 Å². The fourth-order valence-corrected chi connectivity index (χ4v) is 2.96. The average Bonchev–Trinajstić information content (AvgIpc) is 3.12. The first-order chi connectivity index (χ1) is 11.9. The number of pyridine rings is 1. The molecule has 4 rings (SSSR count). The summed E-state index contributed by atoms with van der Waals surface area (Å²) in [7, 11) is 0. The summed E-state index contributed by atoms with van der Waals surface area (Å²) >= 11 is 0. The summed E-state index contributed by atoms with van der Waals surface area (Å²) in [6.07, 6.45) is 3.71. The maximum absolute atomic E-state index is 4.59. The normalized spacial score (nSPS) is 15.6. The average molecular weight is 320 g/mol. The number of hydrogen-bond acceptors (Lipinski definition) is 5. The first kappa shape index (κ1) is 14.8. The van der Waals surface area contributed by atoms with Gasteiger partial charge in [0.2, 0.25) is 0 Å². The van der Waals surface area contributed by atoms with Crippen molar-refractivity contribution >= 4 is 5.82 Å². The summed E-state index contributed by atoms with van der Waals surface area (Å²) in [5, 5.41) is 8.96. The largest absolute Gasteiger partial charge is 0.354 e. The van der Waals surface area contributed by atoms with E-state index in [2.05, 4.69) is 31.0 Å². The fourth-order valence-electron chi connectivity index (χ4n) is 2.96. The van der Waals surface area contributed by atoms with Crippen molar-refractivity contribution in [2.24, 2.45) is 0 Å². The molecule has 0 saturated carbocycles. The summed E-state index contributed by atoms with van der Waals surface area (Å²) in [5.74, 6) is 1.06. The van der Waals surface area contributed by atoms with Crippen LogP contribution in [-0.2, 0) is 6.54 Å². The van der Waals surface area contributed by atoms with Crippen molar-refractivity contribution in [1.82, 2.24) is 24.9 Å². The van der Waals surface area contributed by atoms with Crippen LogP contribution in [0.1, 0.15) is 5.69 Å². The van der Waals surface area contributed by atoms with Crippen LogP contribution in [0.5, 0.6) is 0 Å². The Hall–Kier alpha value is -2.73. The number of benzene rings is 1. The molecule has 1 aliphatic rings. The van der Waals surface area contributed by atoms with Crippen LogP contribution < -0.4 is 4.90 Å². The summed E-state index contributed by atoms with van der Waals surface area (Å²) < 4.78 is 0. The number of nitrogens with zero attached hydrogens (tertiary/aromatic N) is 6. The molecule has 3 heterocycles. The minimum Gasteiger partial charge on any atom is -0.354 e. The molecule has 2 aromatic heterocycles. The van der Waals surface area contributed by atoms with Gasteiger partial charge in [-0.1, -0.05) is 24.3 Å². The van der Waals surface area contributed by atoms with E-state index in [1.807, 2.05) is 54.9 Å². The second-order valence-corrected chi connectivity index (χ2v) is 5.91. The highest BCUT2D eigenvalue weighted by Crippen LogP contribution is 2.14. The van der Waals surface area contributed by atoms with Crippen molar-refractivity contribution in [1.29, 1.82) is 0 Å². The van der Waals surface area contributed by atoms with Crippen LogP contribution in [0.25, 0.3) is 5.69 Å². The van der Waals surface area contributed by atoms with Gasteiger partial charge in [0.25, 0.3) is 0 Å². The lowest BCUT2D eigenvalue weighted by molar-refractivity contribution is 0.246. The van der Waals surface area contributed by atoms with E-state index in [0.717, 1.165) is 49.9 Å². The SMILES string of the molecule is c1ccc(-n2ncc(CN3CCN(c4ccccn4)CC3)n2)cc1. The number of para-hydroxylation sites is 1. The molecule has 3 aromatic rings. The van der Waals surface area contributed by atoms with E-state index < -0.39 is 0 Å². The van der Waals surface area contributed by atoms with E-state index in [0.29, 0.717) is 0 Å². The molecule has 1 aliphatic heterocycles. The quantitative estimate of drug-likeness (QED) is 0.736. The van der Waals surface area contributed by atoms with E-state index in [1.54, 1.807) is 4.80 Å². The van der Waals surface area contributed by atoms with Gasteiger partial charge in [0.05, 0.1) is 17.6 Å². The molecule has 122 valence electrons. The maximum Gasteiger partial charge on any atom is 0.128 e. The first-order valence-corrected chi connectivity index (χ1v) is 8.23. The molecule has 0 spiro atoms. The molecule has 0 atom stereocenters. The molecule has 6 heteroatoms. The predicted octanol–water partition coefficient (Wildman–Crippen LogP) is 1.98. The highest BCUT2D eigenvalue weighted by molar-refractivity contribution is 5.38. The van der Waals surface area contributed by atoms with Gasteiger partial charge < -0.3 is 4.90 Å². The van der Waals surface area contributed by atoms with Crippen molar-refractivity contribution in [2.45, 2.75) is 6.54 Å².